The number of hydrogen-bond donors (Lipinski definition) is 2. The van der Waals surface area contributed by atoms with Crippen molar-refractivity contribution in [2.45, 2.75) is 24.4 Å². The third-order valence-corrected chi connectivity index (χ3v) is 7.56. The van der Waals surface area contributed by atoms with Gasteiger partial charge in [0.15, 0.2) is 0 Å². The highest BCUT2D eigenvalue weighted by atomic mass is 32.2. The lowest BCUT2D eigenvalue weighted by molar-refractivity contribution is 0.252. The quantitative estimate of drug-likeness (QED) is 0.650. The van der Waals surface area contributed by atoms with Crippen LogP contribution in [0, 0.1) is 0 Å². The van der Waals surface area contributed by atoms with Gasteiger partial charge in [-0.15, -0.1) is 11.3 Å². The van der Waals surface area contributed by atoms with Gasteiger partial charge < -0.3 is 10.6 Å². The second-order valence-corrected chi connectivity index (χ2v) is 9.74. The summed E-state index contributed by atoms with van der Waals surface area (Å²) >= 11 is 1.59. The number of carbonyl (C=O) groups is 1. The lowest BCUT2D eigenvalue weighted by atomic mass is 10.0. The molecule has 6 nitrogen and oxygen atoms in total. The monoisotopic (exact) mass is 427 g/mol. The number of benzene rings is 2. The van der Waals surface area contributed by atoms with Gasteiger partial charge in [0.25, 0.3) is 0 Å². The Morgan fingerprint density at radius 2 is 1.86 bits per heavy atom. The van der Waals surface area contributed by atoms with Gasteiger partial charge in [-0.05, 0) is 53.3 Å². The van der Waals surface area contributed by atoms with E-state index in [-0.39, 0.29) is 6.03 Å². The maximum Gasteiger partial charge on any atom is 0.319 e. The maximum absolute atomic E-state index is 12.9. The molecule has 1 aliphatic rings. The third-order valence-electron chi connectivity index (χ3n) is 4.83. The van der Waals surface area contributed by atoms with Crippen molar-refractivity contribution in [1.82, 2.24) is 9.62 Å². The van der Waals surface area contributed by atoms with Crippen LogP contribution in [0.1, 0.15) is 16.0 Å². The molecule has 4 rings (SSSR count). The molecule has 2 aromatic carbocycles. The van der Waals surface area contributed by atoms with Crippen LogP contribution in [-0.2, 0) is 29.5 Å². The molecule has 2 heterocycles. The summed E-state index contributed by atoms with van der Waals surface area (Å²) in [4.78, 5) is 13.5. The SMILES string of the molecule is O=C(NCc1cccs1)Nc1ccc2c(c1)CN(S(=O)(=O)c1ccccc1)CC2. The molecule has 0 aliphatic carbocycles. The van der Waals surface area contributed by atoms with E-state index < -0.39 is 10.0 Å². The van der Waals surface area contributed by atoms with Gasteiger partial charge in [0.05, 0.1) is 11.4 Å². The fourth-order valence-electron chi connectivity index (χ4n) is 3.31. The highest BCUT2D eigenvalue weighted by Crippen LogP contribution is 2.27. The predicted molar refractivity (Wildman–Crippen MR) is 114 cm³/mol. The Hall–Kier alpha value is -2.68. The molecule has 0 unspecified atom stereocenters. The van der Waals surface area contributed by atoms with Gasteiger partial charge in [0.1, 0.15) is 0 Å². The summed E-state index contributed by atoms with van der Waals surface area (Å²) in [5.74, 6) is 0. The highest BCUT2D eigenvalue weighted by molar-refractivity contribution is 7.89. The lowest BCUT2D eigenvalue weighted by Crippen LogP contribution is -2.36. The first kappa shape index (κ1) is 19.6. The Morgan fingerprint density at radius 3 is 2.62 bits per heavy atom. The van der Waals surface area contributed by atoms with Crippen molar-refractivity contribution < 1.29 is 13.2 Å². The molecule has 0 spiro atoms. The number of carbonyl (C=O) groups excluding carboxylic acids is 1. The van der Waals surface area contributed by atoms with Crippen LogP contribution >= 0.6 is 11.3 Å². The van der Waals surface area contributed by atoms with E-state index in [1.807, 2.05) is 35.7 Å². The molecule has 1 aliphatic heterocycles. The van der Waals surface area contributed by atoms with Crippen LogP contribution in [0.3, 0.4) is 0 Å². The molecule has 1 aromatic heterocycles. The van der Waals surface area contributed by atoms with Gasteiger partial charge in [-0.1, -0.05) is 30.3 Å². The molecule has 29 heavy (non-hydrogen) atoms. The van der Waals surface area contributed by atoms with E-state index in [2.05, 4.69) is 10.6 Å². The number of nitrogens with one attached hydrogen (secondary N) is 2. The number of thiophene rings is 1. The number of anilines is 1. The van der Waals surface area contributed by atoms with Gasteiger partial charge >= 0.3 is 6.03 Å². The molecular weight excluding hydrogens is 406 g/mol. The van der Waals surface area contributed by atoms with Gasteiger partial charge in [0, 0.05) is 23.7 Å². The van der Waals surface area contributed by atoms with E-state index >= 15 is 0 Å². The number of rotatable bonds is 5. The fourth-order valence-corrected chi connectivity index (χ4v) is 5.40. The zero-order valence-electron chi connectivity index (χ0n) is 15.7. The van der Waals surface area contributed by atoms with E-state index in [0.29, 0.717) is 36.6 Å². The van der Waals surface area contributed by atoms with Crippen molar-refractivity contribution >= 4 is 33.1 Å². The Kier molecular flexibility index (Phi) is 5.66. The van der Waals surface area contributed by atoms with Gasteiger partial charge in [0.2, 0.25) is 10.0 Å². The first-order chi connectivity index (χ1) is 14.0. The number of urea groups is 1. The van der Waals surface area contributed by atoms with Crippen LogP contribution in [0.25, 0.3) is 0 Å². The van der Waals surface area contributed by atoms with Crippen molar-refractivity contribution in [2.24, 2.45) is 0 Å². The molecule has 0 fully saturated rings. The summed E-state index contributed by atoms with van der Waals surface area (Å²) in [5.41, 5.74) is 2.66. The Balaban J connectivity index is 1.45. The van der Waals surface area contributed by atoms with E-state index in [1.54, 1.807) is 41.7 Å². The van der Waals surface area contributed by atoms with Crippen molar-refractivity contribution in [1.29, 1.82) is 0 Å². The van der Waals surface area contributed by atoms with E-state index in [4.69, 9.17) is 0 Å². The van der Waals surface area contributed by atoms with Crippen molar-refractivity contribution in [3.63, 3.8) is 0 Å². The minimum Gasteiger partial charge on any atom is -0.333 e. The Labute approximate surface area is 174 Å². The zero-order chi connectivity index (χ0) is 20.3. The number of fused-ring (bicyclic) bond motifs is 1. The van der Waals surface area contributed by atoms with E-state index in [1.165, 1.54) is 4.31 Å². The number of hydrogen-bond acceptors (Lipinski definition) is 4. The molecule has 3 aromatic rings. The van der Waals surface area contributed by atoms with Gasteiger partial charge in [-0.25, -0.2) is 13.2 Å². The van der Waals surface area contributed by atoms with Crippen LogP contribution in [0.4, 0.5) is 10.5 Å². The fraction of sp³-hybridized carbons (Fsp3) is 0.190. The molecule has 0 saturated carbocycles. The second kappa shape index (κ2) is 8.36. The average molecular weight is 428 g/mol. The molecular formula is C21H21N3O3S2. The number of amides is 2. The summed E-state index contributed by atoms with van der Waals surface area (Å²) < 4.78 is 27.3. The van der Waals surface area contributed by atoms with Crippen molar-refractivity contribution in [2.75, 3.05) is 11.9 Å². The van der Waals surface area contributed by atoms with Crippen molar-refractivity contribution in [3.8, 4) is 0 Å². The maximum atomic E-state index is 12.9. The molecule has 2 amide bonds. The van der Waals surface area contributed by atoms with Crippen LogP contribution in [0.15, 0.2) is 70.9 Å². The first-order valence-electron chi connectivity index (χ1n) is 9.26. The number of sulfonamides is 1. The minimum absolute atomic E-state index is 0.289. The van der Waals surface area contributed by atoms with Crippen molar-refractivity contribution in [3.05, 3.63) is 82.0 Å². The predicted octanol–water partition coefficient (Wildman–Crippen LogP) is 3.82. The van der Waals surface area contributed by atoms with Crippen LogP contribution in [-0.4, -0.2) is 25.3 Å². The van der Waals surface area contributed by atoms with Crippen LogP contribution in [0.5, 0.6) is 0 Å². The highest BCUT2D eigenvalue weighted by Gasteiger charge is 2.28. The lowest BCUT2D eigenvalue weighted by Gasteiger charge is -2.28. The van der Waals surface area contributed by atoms with Gasteiger partial charge in [-0.2, -0.15) is 4.31 Å². The third kappa shape index (κ3) is 4.50. The minimum atomic E-state index is -3.54. The smallest absolute Gasteiger partial charge is 0.319 e. The summed E-state index contributed by atoms with van der Waals surface area (Å²) in [5, 5.41) is 7.61. The molecule has 0 radical (unpaired) electrons. The molecule has 0 atom stereocenters. The summed E-state index contributed by atoms with van der Waals surface area (Å²) in [6.45, 7) is 1.20. The average Bonchev–Trinajstić information content (AvgIpc) is 3.26. The summed E-state index contributed by atoms with van der Waals surface area (Å²) in [6, 6.07) is 17.7. The Bertz CT molecular complexity index is 1100. The first-order valence-corrected chi connectivity index (χ1v) is 11.6. The summed E-state index contributed by atoms with van der Waals surface area (Å²) in [6.07, 6.45) is 0.645. The molecule has 0 saturated heterocycles. The second-order valence-electron chi connectivity index (χ2n) is 6.77. The van der Waals surface area contributed by atoms with E-state index in [0.717, 1.165) is 16.0 Å². The molecule has 150 valence electrons. The standard InChI is InChI=1S/C21H21N3O3S2/c25-21(22-14-19-5-4-12-28-19)23-18-9-8-16-10-11-24(15-17(16)13-18)29(26,27)20-6-2-1-3-7-20/h1-9,12-13H,10-11,14-15H2,(H2,22,23,25). The Morgan fingerprint density at radius 1 is 1.03 bits per heavy atom. The van der Waals surface area contributed by atoms with E-state index in [9.17, 15) is 13.2 Å². The normalized spacial score (nSPS) is 14.2. The van der Waals surface area contributed by atoms with Crippen LogP contribution in [0.2, 0.25) is 0 Å². The van der Waals surface area contributed by atoms with Crippen LogP contribution < -0.4 is 10.6 Å². The summed E-state index contributed by atoms with van der Waals surface area (Å²) in [7, 11) is -3.54. The topological polar surface area (TPSA) is 78.5 Å². The largest absolute Gasteiger partial charge is 0.333 e. The molecule has 2 N–H and O–H groups in total. The number of nitrogens with zero attached hydrogens (tertiary/aromatic N) is 1. The molecule has 0 bridgehead atoms. The molecule has 8 heteroatoms. The van der Waals surface area contributed by atoms with Gasteiger partial charge in [-0.3, -0.25) is 0 Å². The zero-order valence-corrected chi connectivity index (χ0v) is 17.3.